The fourth-order valence-corrected chi connectivity index (χ4v) is 5.22. The van der Waals surface area contributed by atoms with Crippen LogP contribution in [0.1, 0.15) is 76.5 Å². The molecule has 7 nitrogen and oxygen atoms in total. The minimum absolute atomic E-state index is 0.334. The van der Waals surface area contributed by atoms with Gasteiger partial charge in [0.1, 0.15) is 5.82 Å². The van der Waals surface area contributed by atoms with Gasteiger partial charge in [-0.1, -0.05) is 37.1 Å². The Labute approximate surface area is 186 Å². The zero-order chi connectivity index (χ0) is 21.7. The maximum Gasteiger partial charge on any atom is 0.321 e. The van der Waals surface area contributed by atoms with E-state index in [0.29, 0.717) is 6.04 Å². The minimum Gasteiger partial charge on any atom is -0.333 e. The molecule has 9 heteroatoms. The standard InChI is InChI=1S/C21H31N5O2S2/c1-14(18(27)22-19(28)23-21(2,3)4)30-20-25-24-17(13-16-11-8-12-29-16)26(20)15-9-6-5-7-10-15/h8,11-12,14-15H,5-7,9-10,13H2,1-4H3,(H2,22,23,27,28). The van der Waals surface area contributed by atoms with Gasteiger partial charge in [-0.15, -0.1) is 21.5 Å². The van der Waals surface area contributed by atoms with Gasteiger partial charge in [-0.2, -0.15) is 0 Å². The summed E-state index contributed by atoms with van der Waals surface area (Å²) in [6.07, 6.45) is 6.64. The number of thiophene rings is 1. The Hall–Kier alpha value is -1.87. The third kappa shape index (κ3) is 6.31. The van der Waals surface area contributed by atoms with Gasteiger partial charge >= 0.3 is 6.03 Å². The summed E-state index contributed by atoms with van der Waals surface area (Å²) in [5, 5.41) is 16.5. The molecule has 0 radical (unpaired) electrons. The number of nitrogens with zero attached hydrogens (tertiary/aromatic N) is 3. The number of amides is 3. The van der Waals surface area contributed by atoms with E-state index in [2.05, 4.69) is 36.8 Å². The summed E-state index contributed by atoms with van der Waals surface area (Å²) >= 11 is 3.08. The quantitative estimate of drug-likeness (QED) is 0.632. The van der Waals surface area contributed by atoms with E-state index in [1.165, 1.54) is 35.9 Å². The third-order valence-electron chi connectivity index (χ3n) is 4.96. The lowest BCUT2D eigenvalue weighted by atomic mass is 9.95. The van der Waals surface area contributed by atoms with Crippen molar-refractivity contribution in [3.63, 3.8) is 0 Å². The average molecular weight is 450 g/mol. The molecule has 3 rings (SSSR count). The maximum atomic E-state index is 12.5. The molecule has 1 atom stereocenters. The summed E-state index contributed by atoms with van der Waals surface area (Å²) < 4.78 is 2.24. The minimum atomic E-state index is -0.480. The molecule has 30 heavy (non-hydrogen) atoms. The number of hydrogen-bond donors (Lipinski definition) is 2. The lowest BCUT2D eigenvalue weighted by Crippen LogP contribution is -2.49. The summed E-state index contributed by atoms with van der Waals surface area (Å²) in [6, 6.07) is 4.05. The zero-order valence-electron chi connectivity index (χ0n) is 18.1. The van der Waals surface area contributed by atoms with Gasteiger partial charge in [0.2, 0.25) is 5.91 Å². The molecule has 3 amide bonds. The molecule has 2 N–H and O–H groups in total. The van der Waals surface area contributed by atoms with E-state index < -0.39 is 16.8 Å². The molecule has 0 aliphatic heterocycles. The Bertz CT molecular complexity index is 851. The van der Waals surface area contributed by atoms with Crippen LogP contribution >= 0.6 is 23.1 Å². The van der Waals surface area contributed by atoms with Crippen molar-refractivity contribution in [3.05, 3.63) is 28.2 Å². The highest BCUT2D eigenvalue weighted by Crippen LogP contribution is 2.34. The SMILES string of the molecule is CC(Sc1nnc(Cc2cccs2)n1C1CCCCC1)C(=O)NC(=O)NC(C)(C)C. The van der Waals surface area contributed by atoms with Gasteiger partial charge in [0.15, 0.2) is 5.16 Å². The smallest absolute Gasteiger partial charge is 0.321 e. The van der Waals surface area contributed by atoms with E-state index in [0.717, 1.165) is 30.2 Å². The number of urea groups is 1. The Balaban J connectivity index is 1.73. The van der Waals surface area contributed by atoms with Crippen molar-refractivity contribution in [1.82, 2.24) is 25.4 Å². The second kappa shape index (κ2) is 9.96. The molecule has 2 aromatic rings. The first-order chi connectivity index (χ1) is 14.2. The molecule has 1 unspecified atom stereocenters. The van der Waals surface area contributed by atoms with Crippen molar-refractivity contribution in [3.8, 4) is 0 Å². The number of carbonyl (C=O) groups is 2. The van der Waals surface area contributed by atoms with E-state index in [9.17, 15) is 9.59 Å². The number of rotatable bonds is 6. The first kappa shape index (κ1) is 22.8. The number of hydrogen-bond acceptors (Lipinski definition) is 6. The number of aromatic nitrogens is 3. The predicted molar refractivity (Wildman–Crippen MR) is 121 cm³/mol. The summed E-state index contributed by atoms with van der Waals surface area (Å²) in [6.45, 7) is 7.41. The van der Waals surface area contributed by atoms with Crippen LogP contribution in [0.15, 0.2) is 22.7 Å². The highest BCUT2D eigenvalue weighted by atomic mass is 32.2. The molecule has 1 aliphatic rings. The summed E-state index contributed by atoms with van der Waals surface area (Å²) in [4.78, 5) is 25.8. The Morgan fingerprint density at radius 3 is 2.63 bits per heavy atom. The molecule has 2 heterocycles. The summed E-state index contributed by atoms with van der Waals surface area (Å²) in [7, 11) is 0. The second-order valence-electron chi connectivity index (χ2n) is 8.77. The van der Waals surface area contributed by atoms with Gasteiger partial charge < -0.3 is 9.88 Å². The van der Waals surface area contributed by atoms with Crippen LogP contribution in [0.5, 0.6) is 0 Å². The maximum absolute atomic E-state index is 12.5. The molecule has 2 aromatic heterocycles. The van der Waals surface area contributed by atoms with Crippen molar-refractivity contribution in [2.45, 2.75) is 88.2 Å². The largest absolute Gasteiger partial charge is 0.333 e. The van der Waals surface area contributed by atoms with Crippen molar-refractivity contribution < 1.29 is 9.59 Å². The van der Waals surface area contributed by atoms with E-state index in [-0.39, 0.29) is 5.91 Å². The van der Waals surface area contributed by atoms with Gasteiger partial charge in [-0.25, -0.2) is 4.79 Å². The summed E-state index contributed by atoms with van der Waals surface area (Å²) in [5.74, 6) is 0.615. The Kier molecular flexibility index (Phi) is 7.57. The van der Waals surface area contributed by atoms with E-state index in [1.807, 2.05) is 26.8 Å². The highest BCUT2D eigenvalue weighted by Gasteiger charge is 2.27. The number of nitrogens with one attached hydrogen (secondary N) is 2. The van der Waals surface area contributed by atoms with Crippen LogP contribution in [-0.4, -0.2) is 37.5 Å². The lowest BCUT2D eigenvalue weighted by molar-refractivity contribution is -0.119. The third-order valence-corrected chi connectivity index (χ3v) is 6.90. The molecular weight excluding hydrogens is 418 g/mol. The van der Waals surface area contributed by atoms with Crippen LogP contribution < -0.4 is 10.6 Å². The number of carbonyl (C=O) groups excluding carboxylic acids is 2. The van der Waals surface area contributed by atoms with E-state index in [4.69, 9.17) is 0 Å². The predicted octanol–water partition coefficient (Wildman–Crippen LogP) is 4.54. The van der Waals surface area contributed by atoms with Crippen molar-refractivity contribution in [1.29, 1.82) is 0 Å². The molecule has 1 saturated carbocycles. The van der Waals surface area contributed by atoms with Crippen LogP contribution in [0, 0.1) is 0 Å². The fraction of sp³-hybridized carbons (Fsp3) is 0.619. The van der Waals surface area contributed by atoms with Gasteiger partial charge in [-0.3, -0.25) is 10.1 Å². The zero-order valence-corrected chi connectivity index (χ0v) is 19.7. The molecule has 0 saturated heterocycles. The normalized spacial score (nSPS) is 16.3. The number of thioether (sulfide) groups is 1. The van der Waals surface area contributed by atoms with Crippen LogP contribution in [0.25, 0.3) is 0 Å². The van der Waals surface area contributed by atoms with Gasteiger partial charge in [0.25, 0.3) is 0 Å². The van der Waals surface area contributed by atoms with Gasteiger partial charge in [-0.05, 0) is 52.0 Å². The molecule has 1 fully saturated rings. The summed E-state index contributed by atoms with van der Waals surface area (Å²) in [5.41, 5.74) is -0.404. The van der Waals surface area contributed by atoms with Gasteiger partial charge in [0, 0.05) is 22.9 Å². The topological polar surface area (TPSA) is 88.9 Å². The van der Waals surface area contributed by atoms with E-state index >= 15 is 0 Å². The second-order valence-corrected chi connectivity index (χ2v) is 11.1. The molecular formula is C21H31N5O2S2. The first-order valence-corrected chi connectivity index (χ1v) is 12.2. The molecule has 0 aromatic carbocycles. The Morgan fingerprint density at radius 1 is 1.27 bits per heavy atom. The van der Waals surface area contributed by atoms with Crippen molar-refractivity contribution in [2.75, 3.05) is 0 Å². The monoisotopic (exact) mass is 449 g/mol. The first-order valence-electron chi connectivity index (χ1n) is 10.5. The molecule has 1 aliphatic carbocycles. The van der Waals surface area contributed by atoms with Crippen LogP contribution in [-0.2, 0) is 11.2 Å². The van der Waals surface area contributed by atoms with Crippen LogP contribution in [0.4, 0.5) is 4.79 Å². The molecule has 0 bridgehead atoms. The number of imide groups is 1. The van der Waals surface area contributed by atoms with Gasteiger partial charge in [0.05, 0.1) is 5.25 Å². The Morgan fingerprint density at radius 2 is 2.00 bits per heavy atom. The highest BCUT2D eigenvalue weighted by molar-refractivity contribution is 8.00. The van der Waals surface area contributed by atoms with Crippen LogP contribution in [0.2, 0.25) is 0 Å². The molecule has 164 valence electrons. The lowest BCUT2D eigenvalue weighted by Gasteiger charge is -2.26. The van der Waals surface area contributed by atoms with Crippen molar-refractivity contribution >= 4 is 35.0 Å². The van der Waals surface area contributed by atoms with E-state index in [1.54, 1.807) is 18.3 Å². The van der Waals surface area contributed by atoms with Crippen molar-refractivity contribution in [2.24, 2.45) is 0 Å². The molecule has 0 spiro atoms. The fourth-order valence-electron chi connectivity index (χ4n) is 3.58. The van der Waals surface area contributed by atoms with Crippen LogP contribution in [0.3, 0.4) is 0 Å². The average Bonchev–Trinajstić information content (AvgIpc) is 3.31.